The molecule has 0 fully saturated rings. The standard InChI is InChI=1S/C24H30N2O4/c1-24(2,3)25-14-17(27)15-30-22-10-5-4-8-18(22)21(28)12-11-16-7-6-9-20-19(16)13-23(29)26-20/h4-10,17,25,27H,11-15H2,1-3H3,(H,26,29). The Morgan fingerprint density at radius 1 is 1.20 bits per heavy atom. The number of rotatable bonds is 9. The molecule has 0 aromatic heterocycles. The van der Waals surface area contributed by atoms with E-state index in [0.717, 1.165) is 16.8 Å². The van der Waals surface area contributed by atoms with Crippen LogP contribution in [-0.4, -0.2) is 41.6 Å². The maximum absolute atomic E-state index is 12.9. The number of para-hydroxylation sites is 1. The number of ether oxygens (including phenoxy) is 1. The summed E-state index contributed by atoms with van der Waals surface area (Å²) in [5.41, 5.74) is 3.25. The van der Waals surface area contributed by atoms with Crippen molar-refractivity contribution < 1.29 is 19.4 Å². The Morgan fingerprint density at radius 2 is 1.97 bits per heavy atom. The highest BCUT2D eigenvalue weighted by Crippen LogP contribution is 2.28. The minimum atomic E-state index is -0.677. The van der Waals surface area contributed by atoms with Crippen molar-refractivity contribution >= 4 is 17.4 Å². The number of hydrogen-bond donors (Lipinski definition) is 3. The molecular weight excluding hydrogens is 380 g/mol. The molecule has 2 aromatic carbocycles. The third-order valence-corrected chi connectivity index (χ3v) is 4.99. The second kappa shape index (κ2) is 9.41. The zero-order chi connectivity index (χ0) is 21.7. The number of benzene rings is 2. The van der Waals surface area contributed by atoms with E-state index in [0.29, 0.717) is 37.1 Å². The summed E-state index contributed by atoms with van der Waals surface area (Å²) in [6.45, 7) is 6.60. The van der Waals surface area contributed by atoms with Gasteiger partial charge in [-0.2, -0.15) is 0 Å². The molecule has 0 aliphatic carbocycles. The number of amides is 1. The Kier molecular flexibility index (Phi) is 6.90. The fraction of sp³-hybridized carbons (Fsp3) is 0.417. The normalized spacial score (nSPS) is 14.2. The molecule has 3 rings (SSSR count). The molecule has 1 aliphatic heterocycles. The van der Waals surface area contributed by atoms with Gasteiger partial charge in [-0.15, -0.1) is 0 Å². The van der Waals surface area contributed by atoms with Crippen LogP contribution >= 0.6 is 0 Å². The van der Waals surface area contributed by atoms with Crippen molar-refractivity contribution in [3.8, 4) is 5.75 Å². The van der Waals surface area contributed by atoms with Crippen LogP contribution in [0.15, 0.2) is 42.5 Å². The van der Waals surface area contributed by atoms with Crippen molar-refractivity contribution in [2.75, 3.05) is 18.5 Å². The number of nitrogens with one attached hydrogen (secondary N) is 2. The number of hydrogen-bond acceptors (Lipinski definition) is 5. The van der Waals surface area contributed by atoms with Crippen LogP contribution in [0.1, 0.15) is 48.7 Å². The molecule has 1 heterocycles. The fourth-order valence-corrected chi connectivity index (χ4v) is 3.42. The summed E-state index contributed by atoms with van der Waals surface area (Å²) in [6.07, 6.45) is 0.562. The minimum absolute atomic E-state index is 0.0120. The summed E-state index contributed by atoms with van der Waals surface area (Å²) in [4.78, 5) is 24.5. The van der Waals surface area contributed by atoms with Gasteiger partial charge in [0.05, 0.1) is 12.0 Å². The van der Waals surface area contributed by atoms with Gasteiger partial charge in [0.25, 0.3) is 0 Å². The second-order valence-electron chi connectivity index (χ2n) is 8.68. The van der Waals surface area contributed by atoms with Crippen LogP contribution in [0.2, 0.25) is 0 Å². The van der Waals surface area contributed by atoms with Crippen LogP contribution in [0.5, 0.6) is 5.75 Å². The lowest BCUT2D eigenvalue weighted by atomic mass is 9.97. The predicted molar refractivity (Wildman–Crippen MR) is 117 cm³/mol. The zero-order valence-electron chi connectivity index (χ0n) is 17.8. The van der Waals surface area contributed by atoms with Crippen molar-refractivity contribution in [3.05, 3.63) is 59.2 Å². The monoisotopic (exact) mass is 410 g/mol. The highest BCUT2D eigenvalue weighted by Gasteiger charge is 2.21. The highest BCUT2D eigenvalue weighted by molar-refractivity contribution is 6.00. The Balaban J connectivity index is 1.60. The Morgan fingerprint density at radius 3 is 2.73 bits per heavy atom. The van der Waals surface area contributed by atoms with E-state index in [9.17, 15) is 14.7 Å². The topological polar surface area (TPSA) is 87.7 Å². The largest absolute Gasteiger partial charge is 0.490 e. The van der Waals surface area contributed by atoms with Gasteiger partial charge in [0, 0.05) is 24.2 Å². The molecule has 2 aromatic rings. The summed E-state index contributed by atoms with van der Waals surface area (Å²) >= 11 is 0. The third-order valence-electron chi connectivity index (χ3n) is 4.99. The lowest BCUT2D eigenvalue weighted by molar-refractivity contribution is -0.115. The van der Waals surface area contributed by atoms with Crippen LogP contribution in [-0.2, 0) is 17.6 Å². The van der Waals surface area contributed by atoms with Gasteiger partial charge in [-0.25, -0.2) is 0 Å². The molecule has 0 spiro atoms. The molecule has 0 saturated heterocycles. The third kappa shape index (κ3) is 5.90. The van der Waals surface area contributed by atoms with E-state index < -0.39 is 6.10 Å². The molecule has 0 bridgehead atoms. The number of ketones is 1. The number of aliphatic hydroxyl groups is 1. The first kappa shape index (κ1) is 22.0. The van der Waals surface area contributed by atoms with E-state index in [4.69, 9.17) is 4.74 Å². The lowest BCUT2D eigenvalue weighted by Crippen LogP contribution is -2.42. The van der Waals surface area contributed by atoms with E-state index in [2.05, 4.69) is 10.6 Å². The number of Topliss-reactive ketones (excluding diaryl/α,β-unsaturated/α-hetero) is 1. The van der Waals surface area contributed by atoms with Gasteiger partial charge in [-0.3, -0.25) is 9.59 Å². The van der Waals surface area contributed by atoms with E-state index >= 15 is 0 Å². The molecule has 160 valence electrons. The summed E-state index contributed by atoms with van der Waals surface area (Å²) in [7, 11) is 0. The van der Waals surface area contributed by atoms with Gasteiger partial charge in [0.2, 0.25) is 5.91 Å². The number of fused-ring (bicyclic) bond motifs is 1. The maximum Gasteiger partial charge on any atom is 0.228 e. The van der Waals surface area contributed by atoms with Crippen molar-refractivity contribution in [2.45, 2.75) is 51.7 Å². The van der Waals surface area contributed by atoms with Gasteiger partial charge in [-0.05, 0) is 56.5 Å². The highest BCUT2D eigenvalue weighted by atomic mass is 16.5. The van der Waals surface area contributed by atoms with Crippen LogP contribution in [0.25, 0.3) is 0 Å². The van der Waals surface area contributed by atoms with Gasteiger partial charge in [-0.1, -0.05) is 24.3 Å². The lowest BCUT2D eigenvalue weighted by Gasteiger charge is -2.23. The number of aryl methyl sites for hydroxylation is 1. The van der Waals surface area contributed by atoms with Crippen molar-refractivity contribution in [3.63, 3.8) is 0 Å². The molecule has 1 atom stereocenters. The summed E-state index contributed by atoms with van der Waals surface area (Å²) in [6, 6.07) is 12.9. The quantitative estimate of drug-likeness (QED) is 0.553. The van der Waals surface area contributed by atoms with E-state index in [1.165, 1.54) is 0 Å². The molecule has 1 amide bonds. The predicted octanol–water partition coefficient (Wildman–Crippen LogP) is 3.12. The van der Waals surface area contributed by atoms with E-state index in [1.807, 2.05) is 45.0 Å². The molecule has 1 unspecified atom stereocenters. The molecular formula is C24H30N2O4. The maximum atomic E-state index is 12.9. The summed E-state index contributed by atoms with van der Waals surface area (Å²) in [5, 5.41) is 16.2. The van der Waals surface area contributed by atoms with Gasteiger partial charge < -0.3 is 20.5 Å². The van der Waals surface area contributed by atoms with Crippen LogP contribution in [0, 0.1) is 0 Å². The number of carbonyl (C=O) groups is 2. The molecule has 0 radical (unpaired) electrons. The smallest absolute Gasteiger partial charge is 0.228 e. The Hall–Kier alpha value is -2.70. The number of β-amino-alcohol motifs (C(OH)–C–C–N with tert-alkyl or cyclic N) is 1. The number of aliphatic hydroxyl groups excluding tert-OH is 1. The molecule has 1 aliphatic rings. The molecule has 30 heavy (non-hydrogen) atoms. The first-order chi connectivity index (χ1) is 14.2. The number of carbonyl (C=O) groups excluding carboxylic acids is 2. The second-order valence-corrected chi connectivity index (χ2v) is 8.68. The zero-order valence-corrected chi connectivity index (χ0v) is 17.8. The van der Waals surface area contributed by atoms with Crippen molar-refractivity contribution in [1.82, 2.24) is 5.32 Å². The SMILES string of the molecule is CC(C)(C)NCC(O)COc1ccccc1C(=O)CCc1cccc2c1CC(=O)N2. The van der Waals surface area contributed by atoms with Gasteiger partial charge >= 0.3 is 0 Å². The van der Waals surface area contributed by atoms with Crippen molar-refractivity contribution in [2.24, 2.45) is 0 Å². The van der Waals surface area contributed by atoms with Gasteiger partial charge in [0.15, 0.2) is 5.78 Å². The molecule has 0 saturated carbocycles. The van der Waals surface area contributed by atoms with Crippen LogP contribution in [0.4, 0.5) is 5.69 Å². The first-order valence-corrected chi connectivity index (χ1v) is 10.3. The first-order valence-electron chi connectivity index (χ1n) is 10.3. The Labute approximate surface area is 177 Å². The van der Waals surface area contributed by atoms with E-state index in [1.54, 1.807) is 18.2 Å². The fourth-order valence-electron chi connectivity index (χ4n) is 3.42. The summed E-state index contributed by atoms with van der Waals surface area (Å²) in [5.74, 6) is 0.442. The van der Waals surface area contributed by atoms with Crippen LogP contribution < -0.4 is 15.4 Å². The summed E-state index contributed by atoms with van der Waals surface area (Å²) < 4.78 is 5.76. The average molecular weight is 411 g/mol. The average Bonchev–Trinajstić information content (AvgIpc) is 3.09. The van der Waals surface area contributed by atoms with Crippen molar-refractivity contribution in [1.29, 1.82) is 0 Å². The molecule has 6 nitrogen and oxygen atoms in total. The van der Waals surface area contributed by atoms with E-state index in [-0.39, 0.29) is 23.8 Å². The van der Waals surface area contributed by atoms with Gasteiger partial charge in [0.1, 0.15) is 18.5 Å². The van der Waals surface area contributed by atoms with Crippen LogP contribution in [0.3, 0.4) is 0 Å². The Bertz CT molecular complexity index is 918. The minimum Gasteiger partial charge on any atom is -0.490 e. The number of anilines is 1. The molecule has 3 N–H and O–H groups in total. The molecule has 6 heteroatoms.